The van der Waals surface area contributed by atoms with Crippen molar-refractivity contribution >= 4 is 5.91 Å². The van der Waals surface area contributed by atoms with Crippen molar-refractivity contribution in [3.05, 3.63) is 30.1 Å². The predicted molar refractivity (Wildman–Crippen MR) is 77.4 cm³/mol. The van der Waals surface area contributed by atoms with Gasteiger partial charge in [0.05, 0.1) is 6.42 Å². The Morgan fingerprint density at radius 3 is 2.85 bits per heavy atom. The first-order chi connectivity index (χ1) is 9.83. The Morgan fingerprint density at radius 1 is 1.35 bits per heavy atom. The summed E-state index contributed by atoms with van der Waals surface area (Å²) in [6.07, 6.45) is 5.23. The van der Waals surface area contributed by atoms with Crippen LogP contribution in [0.5, 0.6) is 0 Å². The highest BCUT2D eigenvalue weighted by Gasteiger charge is 2.27. The van der Waals surface area contributed by atoms with Gasteiger partial charge in [0.2, 0.25) is 5.91 Å². The number of nitrogens with zero attached hydrogens (tertiary/aromatic N) is 3. The van der Waals surface area contributed by atoms with Crippen LogP contribution in [0, 0.1) is 0 Å². The van der Waals surface area contributed by atoms with E-state index in [4.69, 9.17) is 0 Å². The summed E-state index contributed by atoms with van der Waals surface area (Å²) in [4.78, 5) is 20.8. The zero-order valence-electron chi connectivity index (χ0n) is 11.8. The molecule has 0 bridgehead atoms. The Kier molecular flexibility index (Phi) is 4.28. The van der Waals surface area contributed by atoms with Crippen LogP contribution < -0.4 is 5.32 Å². The van der Waals surface area contributed by atoms with Crippen molar-refractivity contribution < 1.29 is 4.79 Å². The summed E-state index contributed by atoms with van der Waals surface area (Å²) < 4.78 is 0. The molecule has 3 heterocycles. The fourth-order valence-electron chi connectivity index (χ4n) is 3.08. The Morgan fingerprint density at radius 2 is 2.20 bits per heavy atom. The van der Waals surface area contributed by atoms with Crippen LogP contribution in [0.3, 0.4) is 0 Å². The first-order valence-corrected chi connectivity index (χ1v) is 7.44. The second-order valence-electron chi connectivity index (χ2n) is 5.60. The fourth-order valence-corrected chi connectivity index (χ4v) is 3.08. The van der Waals surface area contributed by atoms with E-state index in [0.717, 1.165) is 44.8 Å². The van der Waals surface area contributed by atoms with Gasteiger partial charge >= 0.3 is 0 Å². The molecule has 1 N–H and O–H groups in total. The van der Waals surface area contributed by atoms with Gasteiger partial charge in [-0.05, 0) is 24.6 Å². The monoisotopic (exact) mass is 274 g/mol. The van der Waals surface area contributed by atoms with E-state index in [-0.39, 0.29) is 5.91 Å². The van der Waals surface area contributed by atoms with E-state index in [1.54, 1.807) is 12.4 Å². The summed E-state index contributed by atoms with van der Waals surface area (Å²) in [6.45, 7) is 5.95. The molecule has 0 saturated carbocycles. The third-order valence-corrected chi connectivity index (χ3v) is 4.30. The summed E-state index contributed by atoms with van der Waals surface area (Å²) >= 11 is 0. The van der Waals surface area contributed by atoms with Crippen LogP contribution in [0.4, 0.5) is 0 Å². The molecule has 0 radical (unpaired) electrons. The lowest BCUT2D eigenvalue weighted by atomic mass is 10.1. The molecule has 2 fully saturated rings. The summed E-state index contributed by atoms with van der Waals surface area (Å²) in [5.41, 5.74) is 1.000. The van der Waals surface area contributed by atoms with Gasteiger partial charge in [0.1, 0.15) is 0 Å². The molecule has 2 aliphatic heterocycles. The van der Waals surface area contributed by atoms with E-state index in [2.05, 4.69) is 15.2 Å². The minimum atomic E-state index is 0.224. The minimum Gasteiger partial charge on any atom is -0.340 e. The quantitative estimate of drug-likeness (QED) is 0.851. The molecule has 2 saturated heterocycles. The molecule has 5 nitrogen and oxygen atoms in total. The van der Waals surface area contributed by atoms with Gasteiger partial charge in [0, 0.05) is 51.2 Å². The van der Waals surface area contributed by atoms with Gasteiger partial charge in [-0.25, -0.2) is 0 Å². The largest absolute Gasteiger partial charge is 0.340 e. The van der Waals surface area contributed by atoms with E-state index < -0.39 is 0 Å². The van der Waals surface area contributed by atoms with E-state index in [1.165, 1.54) is 6.42 Å². The molecule has 0 aliphatic carbocycles. The van der Waals surface area contributed by atoms with Crippen LogP contribution in [0.2, 0.25) is 0 Å². The van der Waals surface area contributed by atoms with Gasteiger partial charge in [-0.2, -0.15) is 0 Å². The number of pyridine rings is 1. The summed E-state index contributed by atoms with van der Waals surface area (Å²) in [6, 6.07) is 4.52. The van der Waals surface area contributed by atoms with E-state index in [0.29, 0.717) is 12.5 Å². The summed E-state index contributed by atoms with van der Waals surface area (Å²) in [5.74, 6) is 0.224. The number of piperazine rings is 1. The number of nitrogens with one attached hydrogen (secondary N) is 1. The topological polar surface area (TPSA) is 48.5 Å². The first-order valence-electron chi connectivity index (χ1n) is 7.44. The van der Waals surface area contributed by atoms with Crippen LogP contribution in [0.1, 0.15) is 12.0 Å². The average molecular weight is 274 g/mol. The Labute approximate surface area is 120 Å². The molecular formula is C15H22N4O. The number of aromatic nitrogens is 1. The number of amides is 1. The van der Waals surface area contributed by atoms with Crippen molar-refractivity contribution in [1.82, 2.24) is 20.1 Å². The van der Waals surface area contributed by atoms with Crippen LogP contribution in [0.25, 0.3) is 0 Å². The molecule has 20 heavy (non-hydrogen) atoms. The van der Waals surface area contributed by atoms with E-state index >= 15 is 0 Å². The maximum Gasteiger partial charge on any atom is 0.227 e. The zero-order chi connectivity index (χ0) is 13.8. The summed E-state index contributed by atoms with van der Waals surface area (Å²) in [7, 11) is 0. The molecule has 108 valence electrons. The highest BCUT2D eigenvalue weighted by molar-refractivity contribution is 5.78. The number of hydrogen-bond acceptors (Lipinski definition) is 4. The highest BCUT2D eigenvalue weighted by Crippen LogP contribution is 2.12. The van der Waals surface area contributed by atoms with Gasteiger partial charge in [-0.1, -0.05) is 6.07 Å². The highest BCUT2D eigenvalue weighted by atomic mass is 16.2. The molecule has 0 aromatic carbocycles. The normalized spacial score (nSPS) is 24.0. The second-order valence-corrected chi connectivity index (χ2v) is 5.60. The lowest BCUT2D eigenvalue weighted by molar-refractivity contribution is -0.132. The van der Waals surface area contributed by atoms with Crippen molar-refractivity contribution in [2.75, 3.05) is 39.3 Å². The standard InChI is InChI=1S/C15H22N4O/c20-15(10-13-2-1-4-16-11-13)19-8-6-18(7-9-19)14-3-5-17-12-14/h1-2,4,11,14,17H,3,5-10,12H2. The van der Waals surface area contributed by atoms with Crippen LogP contribution in [-0.2, 0) is 11.2 Å². The van der Waals surface area contributed by atoms with Crippen molar-refractivity contribution in [1.29, 1.82) is 0 Å². The number of carbonyl (C=O) groups excluding carboxylic acids is 1. The fraction of sp³-hybridized carbons (Fsp3) is 0.600. The first kappa shape index (κ1) is 13.5. The molecular weight excluding hydrogens is 252 g/mol. The molecule has 1 aromatic rings. The Hall–Kier alpha value is -1.46. The number of hydrogen-bond donors (Lipinski definition) is 1. The summed E-state index contributed by atoms with van der Waals surface area (Å²) in [5, 5.41) is 3.41. The van der Waals surface area contributed by atoms with Crippen LogP contribution in [-0.4, -0.2) is 66.0 Å². The minimum absolute atomic E-state index is 0.224. The van der Waals surface area contributed by atoms with Gasteiger partial charge in [0.25, 0.3) is 0 Å². The third-order valence-electron chi connectivity index (χ3n) is 4.30. The van der Waals surface area contributed by atoms with Crippen LogP contribution in [0.15, 0.2) is 24.5 Å². The maximum absolute atomic E-state index is 12.3. The van der Waals surface area contributed by atoms with E-state index in [9.17, 15) is 4.79 Å². The number of carbonyl (C=O) groups is 1. The van der Waals surface area contributed by atoms with Gasteiger partial charge in [0.15, 0.2) is 0 Å². The van der Waals surface area contributed by atoms with Gasteiger partial charge < -0.3 is 10.2 Å². The lowest BCUT2D eigenvalue weighted by Crippen LogP contribution is -2.52. The molecule has 5 heteroatoms. The molecule has 2 aliphatic rings. The van der Waals surface area contributed by atoms with Crippen LogP contribution >= 0.6 is 0 Å². The van der Waals surface area contributed by atoms with Crippen molar-refractivity contribution in [3.8, 4) is 0 Å². The third kappa shape index (κ3) is 3.16. The zero-order valence-corrected chi connectivity index (χ0v) is 11.8. The second kappa shape index (κ2) is 6.33. The van der Waals surface area contributed by atoms with Crippen molar-refractivity contribution in [2.45, 2.75) is 18.9 Å². The van der Waals surface area contributed by atoms with E-state index in [1.807, 2.05) is 17.0 Å². The average Bonchev–Trinajstić information content (AvgIpc) is 3.03. The molecule has 0 spiro atoms. The van der Waals surface area contributed by atoms with Crippen molar-refractivity contribution in [3.63, 3.8) is 0 Å². The molecule has 1 atom stereocenters. The molecule has 1 unspecified atom stereocenters. The SMILES string of the molecule is O=C(Cc1cccnc1)N1CCN(C2CCNC2)CC1. The molecule has 3 rings (SSSR count). The van der Waals surface area contributed by atoms with Gasteiger partial charge in [-0.3, -0.25) is 14.7 Å². The predicted octanol–water partition coefficient (Wildman–Crippen LogP) is 0.130. The Bertz CT molecular complexity index is 436. The maximum atomic E-state index is 12.3. The molecule has 1 amide bonds. The lowest BCUT2D eigenvalue weighted by Gasteiger charge is -2.37. The van der Waals surface area contributed by atoms with Crippen molar-refractivity contribution in [2.24, 2.45) is 0 Å². The molecule has 1 aromatic heterocycles. The Balaban J connectivity index is 1.49. The number of rotatable bonds is 3. The van der Waals surface area contributed by atoms with Gasteiger partial charge in [-0.15, -0.1) is 0 Å². The smallest absolute Gasteiger partial charge is 0.227 e.